The number of unbranched alkanes of at least 4 members (excludes halogenated alkanes) is 26. The molecular formula is C64H115NO18. The van der Waals surface area contributed by atoms with Crippen molar-refractivity contribution in [3.05, 3.63) is 48.6 Å². The Kier molecular flexibility index (Phi) is 42.3. The summed E-state index contributed by atoms with van der Waals surface area (Å²) in [5, 5.41) is 120. The third-order valence-corrected chi connectivity index (χ3v) is 16.1. The zero-order chi connectivity index (χ0) is 60.5. The molecule has 0 aromatic carbocycles. The lowest BCUT2D eigenvalue weighted by molar-refractivity contribution is -0.379. The van der Waals surface area contributed by atoms with Gasteiger partial charge in [-0.25, -0.2) is 0 Å². The summed E-state index contributed by atoms with van der Waals surface area (Å²) in [4.78, 5) is 13.2. The summed E-state index contributed by atoms with van der Waals surface area (Å²) in [5.41, 5.74) is 0. The van der Waals surface area contributed by atoms with Crippen LogP contribution in [0.3, 0.4) is 0 Å². The number of amides is 1. The highest BCUT2D eigenvalue weighted by Crippen LogP contribution is 2.33. The molecule has 12 N–H and O–H groups in total. The minimum Gasteiger partial charge on any atom is -0.394 e. The van der Waals surface area contributed by atoms with E-state index in [2.05, 4.69) is 55.6 Å². The fourth-order valence-electron chi connectivity index (χ4n) is 10.8. The molecule has 19 nitrogen and oxygen atoms in total. The average Bonchev–Trinajstić information content (AvgIpc) is 3.63. The molecule has 17 atom stereocenters. The Morgan fingerprint density at radius 3 is 1.27 bits per heavy atom. The van der Waals surface area contributed by atoms with Crippen molar-refractivity contribution in [2.75, 3.05) is 26.4 Å². The number of nitrogens with one attached hydrogen (secondary N) is 1. The van der Waals surface area contributed by atoms with Crippen LogP contribution in [0.5, 0.6) is 0 Å². The van der Waals surface area contributed by atoms with E-state index in [4.69, 9.17) is 28.4 Å². The maximum atomic E-state index is 13.2. The summed E-state index contributed by atoms with van der Waals surface area (Å²) in [6.07, 6.45) is 27.7. The van der Waals surface area contributed by atoms with Gasteiger partial charge in [0.1, 0.15) is 73.2 Å². The van der Waals surface area contributed by atoms with Gasteiger partial charge in [0, 0.05) is 6.42 Å². The van der Waals surface area contributed by atoms with Gasteiger partial charge in [-0.2, -0.15) is 0 Å². The zero-order valence-corrected chi connectivity index (χ0v) is 50.7. The van der Waals surface area contributed by atoms with E-state index < -0.39 is 124 Å². The van der Waals surface area contributed by atoms with E-state index in [9.17, 15) is 61.0 Å². The molecule has 19 heteroatoms. The van der Waals surface area contributed by atoms with E-state index in [1.54, 1.807) is 6.08 Å². The van der Waals surface area contributed by atoms with Gasteiger partial charge in [-0.15, -0.1) is 0 Å². The highest BCUT2D eigenvalue weighted by Gasteiger charge is 2.53. The van der Waals surface area contributed by atoms with Gasteiger partial charge < -0.3 is 89.9 Å². The fourth-order valence-corrected chi connectivity index (χ4v) is 10.8. The molecule has 0 aliphatic carbocycles. The summed E-state index contributed by atoms with van der Waals surface area (Å²) in [5.74, 6) is -0.283. The van der Waals surface area contributed by atoms with Crippen molar-refractivity contribution in [3.63, 3.8) is 0 Å². The summed E-state index contributed by atoms with van der Waals surface area (Å²) in [7, 11) is 0. The molecule has 0 radical (unpaired) electrons. The molecule has 3 fully saturated rings. The quantitative estimate of drug-likeness (QED) is 0.0215. The standard InChI is InChI=1S/C64H115NO18/c1-3-5-7-9-10-11-12-13-14-15-16-17-18-19-20-21-22-23-24-25-26-27-28-29-30-31-32-33-34-35-36-38-40-42-52(70)65-47(48(69)41-39-37-8-6-4-2)46-78-62-58(76)55(73)60(50(44-67)80-62)83-64-59(77)56(74)61(51(45-68)81-64)82-63-57(75)54(72)53(71)49(43-66)79-63/h12-13,15-16,18-19,39,41,47-51,53-64,66-69,71-77H,3-11,14,17,20-38,40,42-46H2,1-2H3,(H,65,70)/b13-12-,16-15-,19-18-,41-39+. The number of hydrogen-bond acceptors (Lipinski definition) is 18. The first kappa shape index (κ1) is 75.0. The molecule has 3 aliphatic rings. The summed E-state index contributed by atoms with van der Waals surface area (Å²) < 4.78 is 34.1. The van der Waals surface area contributed by atoms with Crippen LogP contribution < -0.4 is 5.32 Å². The van der Waals surface area contributed by atoms with Gasteiger partial charge >= 0.3 is 0 Å². The Morgan fingerprint density at radius 2 is 0.795 bits per heavy atom. The molecule has 0 bridgehead atoms. The Labute approximate surface area is 497 Å². The molecule has 0 spiro atoms. The van der Waals surface area contributed by atoms with Crippen LogP contribution >= 0.6 is 0 Å². The van der Waals surface area contributed by atoms with Gasteiger partial charge in [-0.1, -0.05) is 204 Å². The second-order valence-electron chi connectivity index (χ2n) is 23.2. The molecule has 0 aromatic heterocycles. The summed E-state index contributed by atoms with van der Waals surface area (Å²) in [6, 6.07) is -0.968. The van der Waals surface area contributed by atoms with Crippen LogP contribution in [-0.2, 0) is 33.2 Å². The Hall–Kier alpha value is -2.25. The van der Waals surface area contributed by atoms with Crippen molar-refractivity contribution in [3.8, 4) is 0 Å². The number of carbonyl (C=O) groups excluding carboxylic acids is 1. The van der Waals surface area contributed by atoms with Crippen molar-refractivity contribution in [2.24, 2.45) is 0 Å². The van der Waals surface area contributed by atoms with Crippen molar-refractivity contribution < 1.29 is 89.4 Å². The first-order valence-corrected chi connectivity index (χ1v) is 32.4. The molecule has 0 aromatic rings. The normalized spacial score (nSPS) is 29.7. The number of carbonyl (C=O) groups is 1. The van der Waals surface area contributed by atoms with Crippen LogP contribution in [0.15, 0.2) is 48.6 Å². The van der Waals surface area contributed by atoms with Gasteiger partial charge in [0.2, 0.25) is 5.91 Å². The van der Waals surface area contributed by atoms with Crippen molar-refractivity contribution >= 4 is 5.91 Å². The minimum atomic E-state index is -1.98. The molecule has 3 saturated heterocycles. The number of ether oxygens (including phenoxy) is 6. The topological polar surface area (TPSA) is 307 Å². The third-order valence-electron chi connectivity index (χ3n) is 16.1. The maximum Gasteiger partial charge on any atom is 0.220 e. The molecule has 0 saturated carbocycles. The number of aliphatic hydroxyl groups is 11. The Morgan fingerprint density at radius 1 is 0.434 bits per heavy atom. The Balaban J connectivity index is 1.28. The van der Waals surface area contributed by atoms with E-state index >= 15 is 0 Å². The number of aliphatic hydroxyl groups excluding tert-OH is 11. The summed E-state index contributed by atoms with van der Waals surface area (Å²) in [6.45, 7) is 1.58. The molecule has 3 rings (SSSR count). The third kappa shape index (κ3) is 30.0. The minimum absolute atomic E-state index is 0.242. The van der Waals surface area contributed by atoms with E-state index in [0.29, 0.717) is 6.42 Å². The van der Waals surface area contributed by atoms with E-state index in [1.165, 1.54) is 135 Å². The predicted octanol–water partition coefficient (Wildman–Crippen LogP) is 7.04. The number of rotatable bonds is 48. The van der Waals surface area contributed by atoms with Crippen molar-refractivity contribution in [1.29, 1.82) is 0 Å². The van der Waals surface area contributed by atoms with E-state index in [-0.39, 0.29) is 18.9 Å². The van der Waals surface area contributed by atoms with Crippen LogP contribution in [0.1, 0.15) is 219 Å². The summed E-state index contributed by atoms with van der Waals surface area (Å²) >= 11 is 0. The van der Waals surface area contributed by atoms with Crippen LogP contribution in [-0.4, -0.2) is 193 Å². The van der Waals surface area contributed by atoms with Gasteiger partial charge in [0.25, 0.3) is 0 Å². The maximum absolute atomic E-state index is 13.2. The van der Waals surface area contributed by atoms with Gasteiger partial charge in [0.15, 0.2) is 18.9 Å². The molecule has 3 aliphatic heterocycles. The molecule has 83 heavy (non-hydrogen) atoms. The highest BCUT2D eigenvalue weighted by molar-refractivity contribution is 5.76. The van der Waals surface area contributed by atoms with Crippen molar-refractivity contribution in [1.82, 2.24) is 5.32 Å². The van der Waals surface area contributed by atoms with Crippen molar-refractivity contribution in [2.45, 2.75) is 324 Å². The lowest BCUT2D eigenvalue weighted by Gasteiger charge is -2.48. The van der Waals surface area contributed by atoms with Gasteiger partial charge in [-0.05, 0) is 57.8 Å². The smallest absolute Gasteiger partial charge is 0.220 e. The molecule has 17 unspecified atom stereocenters. The molecular weight excluding hydrogens is 1070 g/mol. The lowest BCUT2D eigenvalue weighted by atomic mass is 9.96. The van der Waals surface area contributed by atoms with Crippen LogP contribution in [0.25, 0.3) is 0 Å². The van der Waals surface area contributed by atoms with Gasteiger partial charge in [-0.3, -0.25) is 4.79 Å². The highest BCUT2D eigenvalue weighted by atomic mass is 16.8. The SMILES string of the molecule is CCCCC/C=C/C(O)C(COC1OC(CO)C(OC2OC(CO)C(OC3OC(CO)C(O)C(O)C3O)C(O)C2O)C(O)C1O)NC(=O)CCCCCCCCCCCCCCCCCCCC/C=C\C/C=C\C/C=C\CCCCCCC. The average molecular weight is 1190 g/mol. The first-order chi connectivity index (χ1) is 40.3. The lowest BCUT2D eigenvalue weighted by Crippen LogP contribution is -2.66. The zero-order valence-electron chi connectivity index (χ0n) is 50.7. The molecule has 1 amide bonds. The molecule has 484 valence electrons. The second kappa shape index (κ2) is 46.8. The Bertz CT molecular complexity index is 1700. The second-order valence-corrected chi connectivity index (χ2v) is 23.2. The number of hydrogen-bond donors (Lipinski definition) is 12. The monoisotopic (exact) mass is 1190 g/mol. The van der Waals surface area contributed by atoms with Crippen LogP contribution in [0.2, 0.25) is 0 Å². The first-order valence-electron chi connectivity index (χ1n) is 32.4. The largest absolute Gasteiger partial charge is 0.394 e. The predicted molar refractivity (Wildman–Crippen MR) is 319 cm³/mol. The van der Waals surface area contributed by atoms with Crippen LogP contribution in [0.4, 0.5) is 0 Å². The fraction of sp³-hybridized carbons (Fsp3) is 0.859. The number of allylic oxidation sites excluding steroid dienone is 7. The van der Waals surface area contributed by atoms with Gasteiger partial charge in [0.05, 0.1) is 38.6 Å². The van der Waals surface area contributed by atoms with E-state index in [1.807, 2.05) is 6.08 Å². The van der Waals surface area contributed by atoms with Crippen LogP contribution in [0, 0.1) is 0 Å². The van der Waals surface area contributed by atoms with E-state index in [0.717, 1.165) is 57.8 Å². The molecule has 3 heterocycles.